The maximum absolute atomic E-state index is 10.5. The van der Waals surface area contributed by atoms with Gasteiger partial charge in [-0.15, -0.1) is 0 Å². The predicted molar refractivity (Wildman–Crippen MR) is 42.4 cm³/mol. The number of ketones is 1. The van der Waals surface area contributed by atoms with Crippen molar-refractivity contribution in [3.8, 4) is 0 Å². The van der Waals surface area contributed by atoms with Crippen molar-refractivity contribution in [1.29, 1.82) is 0 Å². The standard InChI is InChI=1S/C7H10O3.Ca/c1-2-6(8)4-3-5-7(9)10;/h2H,1,3-5H2,(H,9,10);/q;+2. The molecule has 0 rings (SSSR count). The van der Waals surface area contributed by atoms with Gasteiger partial charge in [0.25, 0.3) is 0 Å². The van der Waals surface area contributed by atoms with Crippen LogP contribution in [0.4, 0.5) is 0 Å². The van der Waals surface area contributed by atoms with Crippen LogP contribution in [0.15, 0.2) is 12.7 Å². The second-order valence-corrected chi connectivity index (χ2v) is 1.92. The molecule has 0 aromatic heterocycles. The first-order valence-electron chi connectivity index (χ1n) is 3.04. The summed E-state index contributed by atoms with van der Waals surface area (Å²) in [5.41, 5.74) is 0. The third-order valence-corrected chi connectivity index (χ3v) is 1.04. The average molecular weight is 182 g/mol. The second kappa shape index (κ2) is 8.24. The molecule has 0 aliphatic heterocycles. The summed E-state index contributed by atoms with van der Waals surface area (Å²) >= 11 is 0. The number of carbonyl (C=O) groups is 2. The Hall–Kier alpha value is 0.140. The van der Waals surface area contributed by atoms with E-state index in [1.807, 2.05) is 0 Å². The van der Waals surface area contributed by atoms with E-state index in [-0.39, 0.29) is 56.4 Å². The minimum absolute atomic E-state index is 0. The van der Waals surface area contributed by atoms with Gasteiger partial charge in [0.1, 0.15) is 0 Å². The molecule has 0 unspecified atom stereocenters. The molecule has 0 atom stereocenters. The topological polar surface area (TPSA) is 54.4 Å². The first kappa shape index (κ1) is 13.7. The third-order valence-electron chi connectivity index (χ3n) is 1.04. The van der Waals surface area contributed by atoms with Gasteiger partial charge in [0.15, 0.2) is 5.78 Å². The molecule has 56 valence electrons. The average Bonchev–Trinajstić information content (AvgIpc) is 1.87. The Bertz CT molecular complexity index is 154. The minimum Gasteiger partial charge on any atom is -0.481 e. The first-order valence-corrected chi connectivity index (χ1v) is 3.04. The van der Waals surface area contributed by atoms with E-state index in [4.69, 9.17) is 5.11 Å². The summed E-state index contributed by atoms with van der Waals surface area (Å²) in [6, 6.07) is 0. The fourth-order valence-corrected chi connectivity index (χ4v) is 0.516. The van der Waals surface area contributed by atoms with Gasteiger partial charge in [0, 0.05) is 12.8 Å². The molecule has 0 heterocycles. The van der Waals surface area contributed by atoms with E-state index in [1.165, 1.54) is 6.08 Å². The zero-order valence-corrected chi connectivity index (χ0v) is 8.58. The summed E-state index contributed by atoms with van der Waals surface area (Å²) in [4.78, 5) is 20.4. The summed E-state index contributed by atoms with van der Waals surface area (Å²) < 4.78 is 0. The molecular formula is C7H10CaO3+2. The van der Waals surface area contributed by atoms with E-state index < -0.39 is 5.97 Å². The van der Waals surface area contributed by atoms with E-state index >= 15 is 0 Å². The Balaban J connectivity index is 0. The van der Waals surface area contributed by atoms with Crippen LogP contribution in [0.1, 0.15) is 19.3 Å². The van der Waals surface area contributed by atoms with Crippen molar-refractivity contribution in [2.75, 3.05) is 0 Å². The molecule has 0 radical (unpaired) electrons. The number of hydrogen-bond acceptors (Lipinski definition) is 2. The monoisotopic (exact) mass is 182 g/mol. The molecule has 0 aromatic rings. The Kier molecular flexibility index (Phi) is 10.3. The van der Waals surface area contributed by atoms with Crippen molar-refractivity contribution in [1.82, 2.24) is 0 Å². The molecule has 0 aromatic carbocycles. The van der Waals surface area contributed by atoms with Gasteiger partial charge in [-0.2, -0.15) is 0 Å². The van der Waals surface area contributed by atoms with Crippen molar-refractivity contribution in [3.05, 3.63) is 12.7 Å². The van der Waals surface area contributed by atoms with E-state index in [1.54, 1.807) is 0 Å². The molecule has 0 aliphatic rings. The van der Waals surface area contributed by atoms with Gasteiger partial charge in [0.05, 0.1) is 0 Å². The van der Waals surface area contributed by atoms with Gasteiger partial charge in [0.2, 0.25) is 0 Å². The smallest absolute Gasteiger partial charge is 0.481 e. The number of hydrogen-bond donors (Lipinski definition) is 1. The molecule has 0 aliphatic carbocycles. The maximum atomic E-state index is 10.5. The Morgan fingerprint density at radius 3 is 2.27 bits per heavy atom. The van der Waals surface area contributed by atoms with Gasteiger partial charge >= 0.3 is 43.7 Å². The second-order valence-electron chi connectivity index (χ2n) is 1.92. The number of carboxylic acids is 1. The van der Waals surface area contributed by atoms with Crippen molar-refractivity contribution >= 4 is 49.5 Å². The van der Waals surface area contributed by atoms with Crippen molar-refractivity contribution in [2.45, 2.75) is 19.3 Å². The van der Waals surface area contributed by atoms with Crippen LogP contribution in [-0.4, -0.2) is 54.6 Å². The Morgan fingerprint density at radius 2 is 1.91 bits per heavy atom. The zero-order valence-electron chi connectivity index (χ0n) is 6.38. The van der Waals surface area contributed by atoms with Crippen molar-refractivity contribution in [3.63, 3.8) is 0 Å². The van der Waals surface area contributed by atoms with Crippen LogP contribution >= 0.6 is 0 Å². The van der Waals surface area contributed by atoms with Crippen LogP contribution < -0.4 is 0 Å². The van der Waals surface area contributed by atoms with Crippen LogP contribution in [0.3, 0.4) is 0 Å². The van der Waals surface area contributed by atoms with Crippen LogP contribution in [0.5, 0.6) is 0 Å². The number of aliphatic carboxylic acids is 1. The minimum atomic E-state index is -0.864. The van der Waals surface area contributed by atoms with Crippen LogP contribution in [0, 0.1) is 0 Å². The zero-order chi connectivity index (χ0) is 7.98. The van der Waals surface area contributed by atoms with Crippen LogP contribution in [0.2, 0.25) is 0 Å². The molecule has 0 saturated heterocycles. The van der Waals surface area contributed by atoms with E-state index in [2.05, 4.69) is 6.58 Å². The summed E-state index contributed by atoms with van der Waals surface area (Å²) in [6.45, 7) is 3.26. The van der Waals surface area contributed by atoms with Gasteiger partial charge in [-0.1, -0.05) is 6.58 Å². The molecule has 11 heavy (non-hydrogen) atoms. The van der Waals surface area contributed by atoms with Crippen LogP contribution in [0.25, 0.3) is 0 Å². The SMILES string of the molecule is C=CC(=O)CCCC(=O)O.[Ca+2]. The summed E-state index contributed by atoms with van der Waals surface area (Å²) in [5, 5.41) is 8.16. The molecule has 0 spiro atoms. The predicted octanol–water partition coefficient (Wildman–Crippen LogP) is 0.616. The molecule has 1 N–H and O–H groups in total. The molecule has 3 nitrogen and oxygen atoms in total. The molecule has 0 bridgehead atoms. The van der Waals surface area contributed by atoms with Crippen LogP contribution in [-0.2, 0) is 9.59 Å². The van der Waals surface area contributed by atoms with E-state index in [0.29, 0.717) is 6.42 Å². The Morgan fingerprint density at radius 1 is 1.36 bits per heavy atom. The van der Waals surface area contributed by atoms with E-state index in [0.717, 1.165) is 0 Å². The molecule has 0 saturated carbocycles. The summed E-state index contributed by atoms with van der Waals surface area (Å²) in [6.07, 6.45) is 1.96. The normalized spacial score (nSPS) is 8.00. The molecule has 0 fully saturated rings. The Labute approximate surface area is 95.5 Å². The number of allylic oxidation sites excluding steroid dienone is 1. The third kappa shape index (κ3) is 10.1. The van der Waals surface area contributed by atoms with Gasteiger partial charge in [-0.05, 0) is 12.5 Å². The quantitative estimate of drug-likeness (QED) is 0.501. The fourth-order valence-electron chi connectivity index (χ4n) is 0.516. The van der Waals surface area contributed by atoms with Gasteiger partial charge in [-0.25, -0.2) is 0 Å². The summed E-state index contributed by atoms with van der Waals surface area (Å²) in [7, 11) is 0. The van der Waals surface area contributed by atoms with E-state index in [9.17, 15) is 9.59 Å². The summed E-state index contributed by atoms with van der Waals surface area (Å²) in [5.74, 6) is -0.960. The molecule has 4 heteroatoms. The van der Waals surface area contributed by atoms with Crippen molar-refractivity contribution in [2.24, 2.45) is 0 Å². The van der Waals surface area contributed by atoms with Gasteiger partial charge < -0.3 is 5.11 Å². The first-order chi connectivity index (χ1) is 4.66. The number of rotatable bonds is 5. The van der Waals surface area contributed by atoms with Gasteiger partial charge in [-0.3, -0.25) is 9.59 Å². The molecular weight excluding hydrogens is 172 g/mol. The number of carboxylic acid groups (broad SMARTS) is 1. The van der Waals surface area contributed by atoms with Crippen molar-refractivity contribution < 1.29 is 14.7 Å². The molecule has 0 amide bonds. The largest absolute Gasteiger partial charge is 2.00 e. The fraction of sp³-hybridized carbons (Fsp3) is 0.429. The maximum Gasteiger partial charge on any atom is 2.00 e. The number of carbonyl (C=O) groups excluding carboxylic acids is 1.